The molecule has 0 fully saturated rings. The first-order valence-electron chi connectivity index (χ1n) is 6.79. The van der Waals surface area contributed by atoms with Gasteiger partial charge in [-0.05, 0) is 47.5 Å². The largest absolute Gasteiger partial charge is 0.493 e. The molecule has 4 heteroatoms. The smallest absolute Gasteiger partial charge is 0.256 e. The van der Waals surface area contributed by atoms with Crippen molar-refractivity contribution in [2.75, 3.05) is 11.9 Å². The van der Waals surface area contributed by atoms with Gasteiger partial charge in [-0.3, -0.25) is 4.79 Å². The van der Waals surface area contributed by atoms with Crippen LogP contribution in [0.4, 0.5) is 10.1 Å². The third kappa shape index (κ3) is 2.00. The molecule has 0 atom stereocenters. The van der Waals surface area contributed by atoms with Gasteiger partial charge in [0.2, 0.25) is 0 Å². The number of hydrogen-bond donors (Lipinski definition) is 1. The Balaban J connectivity index is 1.80. The van der Waals surface area contributed by atoms with Gasteiger partial charge in [-0.2, -0.15) is 0 Å². The topological polar surface area (TPSA) is 38.3 Å². The van der Waals surface area contributed by atoms with Crippen molar-refractivity contribution in [3.05, 3.63) is 58.9 Å². The van der Waals surface area contributed by atoms with Crippen molar-refractivity contribution in [1.29, 1.82) is 0 Å². The van der Waals surface area contributed by atoms with E-state index in [0.717, 1.165) is 23.3 Å². The molecule has 2 heterocycles. The van der Waals surface area contributed by atoms with Crippen LogP contribution in [0.5, 0.6) is 5.75 Å². The summed E-state index contributed by atoms with van der Waals surface area (Å²) in [7, 11) is 0. The number of rotatable bonds is 1. The highest BCUT2D eigenvalue weighted by molar-refractivity contribution is 6.34. The zero-order valence-electron chi connectivity index (χ0n) is 11.2. The van der Waals surface area contributed by atoms with E-state index >= 15 is 0 Å². The molecule has 1 amide bonds. The SMILES string of the molecule is O=C1Nc2ccc(F)cc2/C1=C/c1ccc2c(c1)CCO2. The van der Waals surface area contributed by atoms with Crippen molar-refractivity contribution in [3.8, 4) is 5.75 Å². The summed E-state index contributed by atoms with van der Waals surface area (Å²) in [5.41, 5.74) is 3.81. The molecule has 0 radical (unpaired) electrons. The van der Waals surface area contributed by atoms with Crippen molar-refractivity contribution in [3.63, 3.8) is 0 Å². The summed E-state index contributed by atoms with van der Waals surface area (Å²) in [4.78, 5) is 12.1. The second-order valence-corrected chi connectivity index (χ2v) is 5.17. The van der Waals surface area contributed by atoms with Crippen molar-refractivity contribution in [1.82, 2.24) is 0 Å². The first kappa shape index (κ1) is 12.1. The van der Waals surface area contributed by atoms with E-state index in [1.807, 2.05) is 18.2 Å². The molecule has 4 rings (SSSR count). The van der Waals surface area contributed by atoms with Gasteiger partial charge >= 0.3 is 0 Å². The van der Waals surface area contributed by atoms with E-state index in [1.165, 1.54) is 12.1 Å². The lowest BCUT2D eigenvalue weighted by atomic mass is 10.0. The molecule has 2 aromatic rings. The Morgan fingerprint density at radius 2 is 2.10 bits per heavy atom. The molecule has 0 spiro atoms. The maximum atomic E-state index is 13.4. The highest BCUT2D eigenvalue weighted by atomic mass is 19.1. The van der Waals surface area contributed by atoms with Gasteiger partial charge in [-0.15, -0.1) is 0 Å². The van der Waals surface area contributed by atoms with Crippen molar-refractivity contribution < 1.29 is 13.9 Å². The highest BCUT2D eigenvalue weighted by Crippen LogP contribution is 2.34. The lowest BCUT2D eigenvalue weighted by molar-refractivity contribution is -0.110. The van der Waals surface area contributed by atoms with Crippen molar-refractivity contribution >= 4 is 23.2 Å². The summed E-state index contributed by atoms with van der Waals surface area (Å²) in [6.07, 6.45) is 2.67. The summed E-state index contributed by atoms with van der Waals surface area (Å²) >= 11 is 0. The predicted octanol–water partition coefficient (Wildman–Crippen LogP) is 3.25. The highest BCUT2D eigenvalue weighted by Gasteiger charge is 2.24. The molecule has 2 aliphatic rings. The van der Waals surface area contributed by atoms with Crippen LogP contribution in [0.25, 0.3) is 11.6 Å². The normalized spacial score (nSPS) is 17.4. The molecule has 104 valence electrons. The van der Waals surface area contributed by atoms with E-state index in [4.69, 9.17) is 4.74 Å². The molecule has 0 saturated heterocycles. The summed E-state index contributed by atoms with van der Waals surface area (Å²) in [6.45, 7) is 0.698. The molecule has 0 aromatic heterocycles. The van der Waals surface area contributed by atoms with Gasteiger partial charge < -0.3 is 10.1 Å². The Bertz CT molecular complexity index is 795. The summed E-state index contributed by atoms with van der Waals surface area (Å²) in [5, 5.41) is 2.75. The van der Waals surface area contributed by atoms with Gasteiger partial charge in [0.25, 0.3) is 5.91 Å². The lowest BCUT2D eigenvalue weighted by Gasteiger charge is -2.02. The molecule has 0 saturated carbocycles. The Morgan fingerprint density at radius 1 is 1.19 bits per heavy atom. The quantitative estimate of drug-likeness (QED) is 0.815. The Kier molecular flexibility index (Phi) is 2.57. The van der Waals surface area contributed by atoms with Crippen molar-refractivity contribution in [2.24, 2.45) is 0 Å². The first-order valence-corrected chi connectivity index (χ1v) is 6.79. The Morgan fingerprint density at radius 3 is 3.00 bits per heavy atom. The van der Waals surface area contributed by atoms with Crippen LogP contribution >= 0.6 is 0 Å². The zero-order valence-corrected chi connectivity index (χ0v) is 11.2. The van der Waals surface area contributed by atoms with Crippen LogP contribution in [0.3, 0.4) is 0 Å². The maximum absolute atomic E-state index is 13.4. The van der Waals surface area contributed by atoms with Crippen LogP contribution in [-0.4, -0.2) is 12.5 Å². The van der Waals surface area contributed by atoms with Gasteiger partial charge in [0.05, 0.1) is 6.61 Å². The predicted molar refractivity (Wildman–Crippen MR) is 78.5 cm³/mol. The average Bonchev–Trinajstić information content (AvgIpc) is 3.04. The summed E-state index contributed by atoms with van der Waals surface area (Å²) < 4.78 is 18.9. The van der Waals surface area contributed by atoms with Gasteiger partial charge in [0, 0.05) is 23.2 Å². The van der Waals surface area contributed by atoms with E-state index in [2.05, 4.69) is 5.32 Å². The van der Waals surface area contributed by atoms with Gasteiger partial charge in [0.1, 0.15) is 11.6 Å². The van der Waals surface area contributed by atoms with Crippen LogP contribution in [0, 0.1) is 5.82 Å². The molecule has 0 unspecified atom stereocenters. The van der Waals surface area contributed by atoms with E-state index in [-0.39, 0.29) is 11.7 Å². The Labute approximate surface area is 121 Å². The third-order valence-electron chi connectivity index (χ3n) is 3.79. The van der Waals surface area contributed by atoms with Crippen LogP contribution in [0.1, 0.15) is 16.7 Å². The average molecular weight is 281 g/mol. The second kappa shape index (κ2) is 4.45. The minimum Gasteiger partial charge on any atom is -0.493 e. The molecule has 2 aromatic carbocycles. The van der Waals surface area contributed by atoms with E-state index < -0.39 is 0 Å². The van der Waals surface area contributed by atoms with Gasteiger partial charge in [0.15, 0.2) is 0 Å². The molecule has 0 aliphatic carbocycles. The maximum Gasteiger partial charge on any atom is 0.256 e. The minimum atomic E-state index is -0.349. The van der Waals surface area contributed by atoms with Crippen LogP contribution in [-0.2, 0) is 11.2 Å². The number of amides is 1. The number of anilines is 1. The number of nitrogens with one attached hydrogen (secondary N) is 1. The fourth-order valence-corrected chi connectivity index (χ4v) is 2.77. The number of benzene rings is 2. The first-order chi connectivity index (χ1) is 10.2. The van der Waals surface area contributed by atoms with Crippen LogP contribution in [0.15, 0.2) is 36.4 Å². The second-order valence-electron chi connectivity index (χ2n) is 5.17. The van der Waals surface area contributed by atoms with E-state index in [0.29, 0.717) is 23.4 Å². The number of hydrogen-bond acceptors (Lipinski definition) is 2. The minimum absolute atomic E-state index is 0.202. The number of carbonyl (C=O) groups excluding carboxylic acids is 1. The molecule has 3 nitrogen and oxygen atoms in total. The van der Waals surface area contributed by atoms with Crippen LogP contribution < -0.4 is 10.1 Å². The summed E-state index contributed by atoms with van der Waals surface area (Å²) in [6, 6.07) is 10.1. The van der Waals surface area contributed by atoms with Gasteiger partial charge in [-0.25, -0.2) is 4.39 Å². The number of fused-ring (bicyclic) bond motifs is 2. The number of carbonyl (C=O) groups is 1. The molecule has 0 bridgehead atoms. The molecular weight excluding hydrogens is 269 g/mol. The number of ether oxygens (including phenoxy) is 1. The molecule has 21 heavy (non-hydrogen) atoms. The molecule has 1 N–H and O–H groups in total. The zero-order chi connectivity index (χ0) is 14.4. The molecular formula is C17H12FNO2. The van der Waals surface area contributed by atoms with E-state index in [1.54, 1.807) is 12.1 Å². The third-order valence-corrected chi connectivity index (χ3v) is 3.79. The summed E-state index contributed by atoms with van der Waals surface area (Å²) in [5.74, 6) is 0.352. The standard InChI is InChI=1S/C17H12FNO2/c18-12-2-3-15-13(9-12)14(17(20)19-15)8-10-1-4-16-11(7-10)5-6-21-16/h1-4,7-9H,5-6H2,(H,19,20)/b14-8-. The van der Waals surface area contributed by atoms with Gasteiger partial charge in [-0.1, -0.05) is 6.07 Å². The lowest BCUT2D eigenvalue weighted by Crippen LogP contribution is -2.03. The molecule has 2 aliphatic heterocycles. The monoisotopic (exact) mass is 281 g/mol. The Hall–Kier alpha value is -2.62. The fraction of sp³-hybridized carbons (Fsp3) is 0.118. The van der Waals surface area contributed by atoms with Crippen LogP contribution in [0.2, 0.25) is 0 Å². The van der Waals surface area contributed by atoms with E-state index in [9.17, 15) is 9.18 Å². The fourth-order valence-electron chi connectivity index (χ4n) is 2.77. The number of halogens is 1. The van der Waals surface area contributed by atoms with Crippen molar-refractivity contribution in [2.45, 2.75) is 6.42 Å².